The van der Waals surface area contributed by atoms with Gasteiger partial charge < -0.3 is 14.9 Å². The number of aliphatic hydroxyl groups is 1. The van der Waals surface area contributed by atoms with E-state index >= 15 is 0 Å². The van der Waals surface area contributed by atoms with E-state index in [-0.39, 0.29) is 18.6 Å². The van der Waals surface area contributed by atoms with Gasteiger partial charge in [-0.3, -0.25) is 14.4 Å². The average Bonchev–Trinajstić information content (AvgIpc) is 2.83. The maximum Gasteiger partial charge on any atom is 0.274 e. The lowest BCUT2D eigenvalue weighted by Gasteiger charge is -2.39. The van der Waals surface area contributed by atoms with E-state index in [0.29, 0.717) is 18.7 Å². The highest BCUT2D eigenvalue weighted by Gasteiger charge is 2.29. The molecule has 1 aromatic heterocycles. The molecule has 0 spiro atoms. The fourth-order valence-electron chi connectivity index (χ4n) is 3.48. The zero-order valence-corrected chi connectivity index (χ0v) is 14.1. The highest BCUT2D eigenvalue weighted by atomic mass is 16.3. The number of aliphatic hydroxyl groups excluding tert-OH is 1. The molecule has 0 aromatic carbocycles. The Balaban J connectivity index is 1.72. The van der Waals surface area contributed by atoms with Gasteiger partial charge in [-0.1, -0.05) is 0 Å². The fraction of sp³-hybridized carbons (Fsp3) is 0.750. The van der Waals surface area contributed by atoms with Gasteiger partial charge in [0.2, 0.25) is 0 Å². The summed E-state index contributed by atoms with van der Waals surface area (Å²) in [6, 6.07) is 2.17. The quantitative estimate of drug-likeness (QED) is 0.839. The van der Waals surface area contributed by atoms with Crippen LogP contribution in [0.25, 0.3) is 0 Å². The van der Waals surface area contributed by atoms with Gasteiger partial charge in [-0.25, -0.2) is 0 Å². The molecule has 0 bridgehead atoms. The van der Waals surface area contributed by atoms with Crippen LogP contribution in [-0.4, -0.2) is 88.4 Å². The number of fused-ring (bicyclic) bond motifs is 1. The molecule has 0 saturated carbocycles. The Morgan fingerprint density at radius 1 is 1.30 bits per heavy atom. The van der Waals surface area contributed by atoms with E-state index in [9.17, 15) is 9.90 Å². The van der Waals surface area contributed by atoms with Crippen LogP contribution < -0.4 is 0 Å². The molecule has 7 heteroatoms. The molecule has 1 atom stereocenters. The number of aryl methyl sites for hydroxylation is 1. The molecule has 23 heavy (non-hydrogen) atoms. The van der Waals surface area contributed by atoms with Crippen LogP contribution in [0.4, 0.5) is 0 Å². The molecule has 3 heterocycles. The molecular formula is C16H27N5O2. The number of aromatic nitrogens is 2. The number of rotatable bonds is 3. The maximum absolute atomic E-state index is 12.8. The number of amides is 1. The second-order valence-electron chi connectivity index (χ2n) is 6.73. The van der Waals surface area contributed by atoms with E-state index in [1.54, 1.807) is 0 Å². The van der Waals surface area contributed by atoms with Crippen molar-refractivity contribution in [1.82, 2.24) is 24.5 Å². The second kappa shape index (κ2) is 6.98. The van der Waals surface area contributed by atoms with Crippen molar-refractivity contribution in [3.8, 4) is 0 Å². The largest absolute Gasteiger partial charge is 0.396 e. The van der Waals surface area contributed by atoms with Gasteiger partial charge in [-0.2, -0.15) is 5.10 Å². The number of carbonyl (C=O) groups excluding carboxylic acids is 1. The minimum atomic E-state index is 0.0178. The highest BCUT2D eigenvalue weighted by molar-refractivity contribution is 5.92. The van der Waals surface area contributed by atoms with Gasteiger partial charge in [0.25, 0.3) is 5.91 Å². The minimum absolute atomic E-state index is 0.0178. The van der Waals surface area contributed by atoms with E-state index in [0.717, 1.165) is 44.8 Å². The van der Waals surface area contributed by atoms with Gasteiger partial charge in [0.1, 0.15) is 0 Å². The first-order chi connectivity index (χ1) is 11.1. The predicted molar refractivity (Wildman–Crippen MR) is 87.2 cm³/mol. The van der Waals surface area contributed by atoms with E-state index < -0.39 is 0 Å². The van der Waals surface area contributed by atoms with Crippen molar-refractivity contribution in [2.45, 2.75) is 32.0 Å². The third-order valence-corrected chi connectivity index (χ3v) is 4.95. The standard InChI is InChI=1S/C16H27N5O2/c1-18-5-3-6-21-14(11-18)10-15(17-21)16(23)20-8-7-19(2)13(12-20)4-9-22/h10,13,22H,3-9,11-12H2,1-2H3/t13-/m0/s1. The third kappa shape index (κ3) is 3.57. The van der Waals surface area contributed by atoms with Crippen molar-refractivity contribution in [3.05, 3.63) is 17.5 Å². The summed E-state index contributed by atoms with van der Waals surface area (Å²) in [7, 11) is 4.15. The summed E-state index contributed by atoms with van der Waals surface area (Å²) in [4.78, 5) is 19.2. The monoisotopic (exact) mass is 321 g/mol. The summed E-state index contributed by atoms with van der Waals surface area (Å²) in [5.41, 5.74) is 1.68. The van der Waals surface area contributed by atoms with Crippen LogP contribution in [0.2, 0.25) is 0 Å². The number of piperazine rings is 1. The maximum atomic E-state index is 12.8. The zero-order chi connectivity index (χ0) is 16.4. The first-order valence-electron chi connectivity index (χ1n) is 8.44. The first-order valence-corrected chi connectivity index (χ1v) is 8.44. The lowest BCUT2D eigenvalue weighted by Crippen LogP contribution is -2.53. The Labute approximate surface area is 137 Å². The van der Waals surface area contributed by atoms with Gasteiger partial charge in [0.05, 0.1) is 5.69 Å². The predicted octanol–water partition coefficient (Wildman–Crippen LogP) is -0.143. The Kier molecular flexibility index (Phi) is 4.99. The van der Waals surface area contributed by atoms with Crippen molar-refractivity contribution >= 4 is 5.91 Å². The summed E-state index contributed by atoms with van der Waals surface area (Å²) in [6.07, 6.45) is 1.76. The third-order valence-electron chi connectivity index (χ3n) is 4.95. The number of hydrogen-bond acceptors (Lipinski definition) is 5. The molecule has 0 unspecified atom stereocenters. The summed E-state index contributed by atoms with van der Waals surface area (Å²) in [5.74, 6) is 0.0178. The molecule has 1 amide bonds. The summed E-state index contributed by atoms with van der Waals surface area (Å²) in [6.45, 7) is 5.17. The van der Waals surface area contributed by atoms with Crippen LogP contribution in [0.15, 0.2) is 6.07 Å². The van der Waals surface area contributed by atoms with Gasteiger partial charge in [0, 0.05) is 51.9 Å². The fourth-order valence-corrected chi connectivity index (χ4v) is 3.48. The SMILES string of the molecule is CN1CCCn2nc(C(=O)N3CCN(C)[C@@H](CCO)C3)cc2C1. The molecule has 1 saturated heterocycles. The van der Waals surface area contributed by atoms with Gasteiger partial charge in [-0.05, 0) is 33.0 Å². The van der Waals surface area contributed by atoms with Crippen LogP contribution >= 0.6 is 0 Å². The number of carbonyl (C=O) groups is 1. The summed E-state index contributed by atoms with van der Waals surface area (Å²) >= 11 is 0. The van der Waals surface area contributed by atoms with Crippen molar-refractivity contribution in [3.63, 3.8) is 0 Å². The molecule has 3 rings (SSSR count). The van der Waals surface area contributed by atoms with E-state index in [2.05, 4.69) is 29.0 Å². The number of likely N-dealkylation sites (N-methyl/N-ethyl adjacent to an activating group) is 1. The summed E-state index contributed by atoms with van der Waals surface area (Å²) < 4.78 is 1.98. The lowest BCUT2D eigenvalue weighted by molar-refractivity contribution is 0.0494. The average molecular weight is 321 g/mol. The van der Waals surface area contributed by atoms with E-state index in [1.807, 2.05) is 15.6 Å². The molecule has 128 valence electrons. The van der Waals surface area contributed by atoms with Crippen LogP contribution in [-0.2, 0) is 13.1 Å². The van der Waals surface area contributed by atoms with Crippen LogP contribution in [0.1, 0.15) is 29.0 Å². The number of hydrogen-bond donors (Lipinski definition) is 1. The molecular weight excluding hydrogens is 294 g/mol. The van der Waals surface area contributed by atoms with Gasteiger partial charge >= 0.3 is 0 Å². The molecule has 2 aliphatic heterocycles. The minimum Gasteiger partial charge on any atom is -0.396 e. The first kappa shape index (κ1) is 16.4. The van der Waals surface area contributed by atoms with Crippen molar-refractivity contribution < 1.29 is 9.90 Å². The van der Waals surface area contributed by atoms with Crippen LogP contribution in [0.3, 0.4) is 0 Å². The molecule has 2 aliphatic rings. The van der Waals surface area contributed by atoms with Crippen LogP contribution in [0.5, 0.6) is 0 Å². The number of nitrogens with zero attached hydrogens (tertiary/aromatic N) is 5. The van der Waals surface area contributed by atoms with E-state index in [1.165, 1.54) is 0 Å². The van der Waals surface area contributed by atoms with Gasteiger partial charge in [0.15, 0.2) is 5.69 Å². The Bertz CT molecular complexity index is 559. The molecule has 1 N–H and O–H groups in total. The smallest absolute Gasteiger partial charge is 0.274 e. The zero-order valence-electron chi connectivity index (χ0n) is 14.1. The topological polar surface area (TPSA) is 64.8 Å². The summed E-state index contributed by atoms with van der Waals surface area (Å²) in [5, 5.41) is 13.7. The van der Waals surface area contributed by atoms with Crippen LogP contribution in [0, 0.1) is 0 Å². The van der Waals surface area contributed by atoms with Crippen molar-refractivity contribution in [2.24, 2.45) is 0 Å². The highest BCUT2D eigenvalue weighted by Crippen LogP contribution is 2.17. The normalized spacial score (nSPS) is 23.6. The van der Waals surface area contributed by atoms with E-state index in [4.69, 9.17) is 0 Å². The molecule has 1 aromatic rings. The Morgan fingerprint density at radius 2 is 2.13 bits per heavy atom. The molecule has 1 fully saturated rings. The van der Waals surface area contributed by atoms with Crippen molar-refractivity contribution in [1.29, 1.82) is 0 Å². The van der Waals surface area contributed by atoms with Gasteiger partial charge in [-0.15, -0.1) is 0 Å². The molecule has 0 radical (unpaired) electrons. The Hall–Kier alpha value is -1.44. The second-order valence-corrected chi connectivity index (χ2v) is 6.73. The lowest BCUT2D eigenvalue weighted by atomic mass is 10.1. The molecule has 0 aliphatic carbocycles. The molecule has 7 nitrogen and oxygen atoms in total. The Morgan fingerprint density at radius 3 is 2.91 bits per heavy atom. The van der Waals surface area contributed by atoms with Crippen molar-refractivity contribution in [2.75, 3.05) is 46.9 Å².